The number of aliphatic carboxylic acids is 1. The van der Waals surface area contributed by atoms with Gasteiger partial charge in [0.2, 0.25) is 0 Å². The van der Waals surface area contributed by atoms with Gasteiger partial charge in [-0.2, -0.15) is 15.6 Å². The molecule has 0 saturated heterocycles. The highest BCUT2D eigenvalue weighted by molar-refractivity contribution is 6.32. The van der Waals surface area contributed by atoms with Crippen LogP contribution in [0.4, 0.5) is 0 Å². The monoisotopic (exact) mass is 1010 g/mol. The van der Waals surface area contributed by atoms with Crippen LogP contribution in [0.1, 0.15) is 63.9 Å². The standard InChI is InChI=1S/C53H50Cl2N8O9/c1-31(2)72-53(68)47(27-65)61-23-38-12-44(54)40(14-49(38)69-28-35-10-33(16-56)18-58-20-35)25-63-48-9-5-8-42(43(48)24-62-63)41-7-4-6-37(32(41)3)30-71-51-15-50(70-29-36-11-34(17-57)19-59-21-36)39(13-45(51)55)22-60-46(26-64)52(66)67/h4-15,18-21,24,31,46-47,60-61,64-65H,22-23,25-30H2,1-3H3,(H,66,67)/t46-,47-/m0/s1. The Bertz CT molecular complexity index is 3170. The molecule has 0 amide bonds. The number of carbonyl (C=O) groups excluding carboxylic acids is 1. The molecule has 17 nitrogen and oxygen atoms in total. The molecule has 0 radical (unpaired) electrons. The third kappa shape index (κ3) is 13.0. The lowest BCUT2D eigenvalue weighted by Crippen LogP contribution is -2.41. The lowest BCUT2D eigenvalue weighted by atomic mass is 9.94. The van der Waals surface area contributed by atoms with Crippen LogP contribution in [-0.2, 0) is 53.8 Å². The highest BCUT2D eigenvalue weighted by Gasteiger charge is 2.23. The fourth-order valence-corrected chi connectivity index (χ4v) is 8.20. The Labute approximate surface area is 425 Å². The SMILES string of the molecule is Cc1c(COc2cc(OCc3cncc(C#N)c3)c(CN[C@@H](CO)C(=O)O)cc2Cl)cccc1-c1cccc2c1cnn2Cc1cc(OCc2cncc(C#N)c2)c(CN[C@@H](CO)C(=O)OC(C)C)cc1Cl. The zero-order valence-corrected chi connectivity index (χ0v) is 40.9. The first-order valence-corrected chi connectivity index (χ1v) is 23.4. The van der Waals surface area contributed by atoms with Gasteiger partial charge in [0.1, 0.15) is 61.3 Å². The van der Waals surface area contributed by atoms with Gasteiger partial charge in [0.25, 0.3) is 0 Å². The van der Waals surface area contributed by atoms with Gasteiger partial charge in [-0.25, -0.2) is 0 Å². The van der Waals surface area contributed by atoms with Gasteiger partial charge in [0.15, 0.2) is 0 Å². The number of nitrogens with one attached hydrogen (secondary N) is 2. The van der Waals surface area contributed by atoms with Crippen LogP contribution in [0.15, 0.2) is 104 Å². The highest BCUT2D eigenvalue weighted by atomic mass is 35.5. The van der Waals surface area contributed by atoms with Gasteiger partial charge in [-0.15, -0.1) is 0 Å². The molecule has 19 heteroatoms. The number of aliphatic hydroxyl groups excluding tert-OH is 2. The number of hydrogen-bond donors (Lipinski definition) is 5. The number of aromatic nitrogens is 4. The molecule has 3 aromatic heterocycles. The van der Waals surface area contributed by atoms with Crippen molar-refractivity contribution < 1.29 is 43.9 Å². The summed E-state index contributed by atoms with van der Waals surface area (Å²) in [4.78, 5) is 32.5. The van der Waals surface area contributed by atoms with Gasteiger partial charge in [-0.05, 0) is 85.0 Å². The molecule has 370 valence electrons. The Morgan fingerprint density at radius 3 is 1.89 bits per heavy atom. The van der Waals surface area contributed by atoms with Crippen LogP contribution in [0, 0.1) is 29.6 Å². The number of nitrogens with zero attached hydrogens (tertiary/aromatic N) is 6. The van der Waals surface area contributed by atoms with E-state index in [1.54, 1.807) is 62.8 Å². The molecule has 0 aliphatic heterocycles. The molecule has 0 aliphatic rings. The number of ether oxygens (including phenoxy) is 4. The van der Waals surface area contributed by atoms with Crippen molar-refractivity contribution in [2.45, 2.75) is 78.4 Å². The van der Waals surface area contributed by atoms with Crippen molar-refractivity contribution in [1.82, 2.24) is 30.4 Å². The van der Waals surface area contributed by atoms with E-state index in [1.807, 2.05) is 54.1 Å². The van der Waals surface area contributed by atoms with E-state index in [0.29, 0.717) is 61.2 Å². The van der Waals surface area contributed by atoms with Crippen LogP contribution >= 0.6 is 23.2 Å². The summed E-state index contributed by atoms with van der Waals surface area (Å²) in [7, 11) is 0. The molecule has 0 saturated carbocycles. The van der Waals surface area contributed by atoms with Gasteiger partial charge >= 0.3 is 11.9 Å². The number of benzene rings is 4. The predicted molar refractivity (Wildman–Crippen MR) is 267 cm³/mol. The van der Waals surface area contributed by atoms with Crippen molar-refractivity contribution in [2.24, 2.45) is 0 Å². The van der Waals surface area contributed by atoms with Crippen molar-refractivity contribution in [3.05, 3.63) is 164 Å². The number of rotatable bonds is 23. The number of esters is 1. The molecule has 72 heavy (non-hydrogen) atoms. The van der Waals surface area contributed by atoms with Crippen LogP contribution in [-0.4, -0.2) is 78.4 Å². The van der Waals surface area contributed by atoms with Gasteiger partial charge in [-0.1, -0.05) is 53.5 Å². The summed E-state index contributed by atoms with van der Waals surface area (Å²) in [6, 6.07) is 24.0. The molecular formula is C53H50Cl2N8O9. The Balaban J connectivity index is 1.13. The molecule has 3 heterocycles. The summed E-state index contributed by atoms with van der Waals surface area (Å²) in [6.07, 6.45) is 7.53. The fraction of sp³-hybridized carbons (Fsp3) is 0.264. The quantitative estimate of drug-likeness (QED) is 0.0388. The highest BCUT2D eigenvalue weighted by Crippen LogP contribution is 2.37. The first kappa shape index (κ1) is 52.2. The second-order valence-electron chi connectivity index (χ2n) is 16.9. The number of carboxylic acids is 1. The summed E-state index contributed by atoms with van der Waals surface area (Å²) in [5, 5.41) is 60.1. The zero-order valence-electron chi connectivity index (χ0n) is 39.4. The van der Waals surface area contributed by atoms with Crippen LogP contribution in [0.2, 0.25) is 10.0 Å². The molecule has 4 aromatic carbocycles. The maximum absolute atomic E-state index is 12.7. The first-order valence-electron chi connectivity index (χ1n) is 22.6. The molecule has 7 rings (SSSR count). The van der Waals surface area contributed by atoms with Crippen molar-refractivity contribution in [3.8, 4) is 40.5 Å². The molecule has 0 fully saturated rings. The summed E-state index contributed by atoms with van der Waals surface area (Å²) in [5.74, 6) is -0.703. The van der Waals surface area contributed by atoms with E-state index in [-0.39, 0.29) is 50.6 Å². The number of nitriles is 2. The molecule has 0 unspecified atom stereocenters. The van der Waals surface area contributed by atoms with Crippen molar-refractivity contribution >= 4 is 46.0 Å². The smallest absolute Gasteiger partial charge is 0.325 e. The molecule has 0 bridgehead atoms. The number of pyridine rings is 2. The zero-order chi connectivity index (χ0) is 51.3. The minimum atomic E-state index is -1.22. The van der Waals surface area contributed by atoms with E-state index in [4.69, 9.17) is 47.2 Å². The van der Waals surface area contributed by atoms with Gasteiger partial charge in [0.05, 0.1) is 53.7 Å². The first-order chi connectivity index (χ1) is 34.8. The number of aliphatic hydroxyl groups is 2. The second-order valence-corrected chi connectivity index (χ2v) is 17.7. The van der Waals surface area contributed by atoms with Crippen LogP contribution in [0.5, 0.6) is 17.2 Å². The number of hydrogen-bond acceptors (Lipinski definition) is 15. The molecule has 2 atom stereocenters. The number of carbonyl (C=O) groups is 2. The fourth-order valence-electron chi connectivity index (χ4n) is 7.71. The third-order valence-electron chi connectivity index (χ3n) is 11.5. The summed E-state index contributed by atoms with van der Waals surface area (Å²) in [6.45, 7) is 4.97. The predicted octanol–water partition coefficient (Wildman–Crippen LogP) is 7.57. The Morgan fingerprint density at radius 1 is 0.694 bits per heavy atom. The minimum absolute atomic E-state index is 0.00337. The van der Waals surface area contributed by atoms with E-state index in [2.05, 4.69) is 32.7 Å². The van der Waals surface area contributed by atoms with E-state index < -0.39 is 37.2 Å². The summed E-state index contributed by atoms with van der Waals surface area (Å²) in [5.41, 5.74) is 8.41. The van der Waals surface area contributed by atoms with Crippen LogP contribution < -0.4 is 24.8 Å². The second kappa shape index (κ2) is 24.5. The van der Waals surface area contributed by atoms with E-state index in [9.17, 15) is 35.4 Å². The van der Waals surface area contributed by atoms with Gasteiger partial charge in [0, 0.05) is 76.6 Å². The van der Waals surface area contributed by atoms with E-state index in [1.165, 1.54) is 12.4 Å². The lowest BCUT2D eigenvalue weighted by Gasteiger charge is -2.19. The molecule has 0 spiro atoms. The van der Waals surface area contributed by atoms with Crippen molar-refractivity contribution in [2.75, 3.05) is 13.2 Å². The summed E-state index contributed by atoms with van der Waals surface area (Å²) < 4.78 is 26.0. The molecular weight excluding hydrogens is 964 g/mol. The maximum Gasteiger partial charge on any atom is 0.325 e. The molecule has 0 aliphatic carbocycles. The van der Waals surface area contributed by atoms with Gasteiger partial charge < -0.3 is 34.3 Å². The van der Waals surface area contributed by atoms with Crippen LogP contribution in [0.3, 0.4) is 0 Å². The Hall–Kier alpha value is -7.61. The van der Waals surface area contributed by atoms with Crippen molar-refractivity contribution in [1.29, 1.82) is 10.5 Å². The number of halogens is 2. The molecule has 5 N–H and O–H groups in total. The average molecular weight is 1010 g/mol. The topological polar surface area (TPSA) is 247 Å². The lowest BCUT2D eigenvalue weighted by molar-refractivity contribution is -0.151. The van der Waals surface area contributed by atoms with Crippen LogP contribution in [0.25, 0.3) is 22.0 Å². The number of carboxylic acid groups (broad SMARTS) is 1. The largest absolute Gasteiger partial charge is 0.489 e. The van der Waals surface area contributed by atoms with E-state index >= 15 is 0 Å². The summed E-state index contributed by atoms with van der Waals surface area (Å²) >= 11 is 13.8. The van der Waals surface area contributed by atoms with Crippen molar-refractivity contribution in [3.63, 3.8) is 0 Å². The van der Waals surface area contributed by atoms with E-state index in [0.717, 1.165) is 33.2 Å². The average Bonchev–Trinajstić information content (AvgIpc) is 3.79. The maximum atomic E-state index is 12.7. The minimum Gasteiger partial charge on any atom is -0.489 e. The number of fused-ring (bicyclic) bond motifs is 1. The van der Waals surface area contributed by atoms with Gasteiger partial charge in [-0.3, -0.25) is 34.9 Å². The molecule has 7 aromatic rings. The third-order valence-corrected chi connectivity index (χ3v) is 12.1. The Kier molecular flexibility index (Phi) is 17.8. The normalized spacial score (nSPS) is 12.0. The Morgan fingerprint density at radius 2 is 1.28 bits per heavy atom.